The topological polar surface area (TPSA) is 91.4 Å². The number of hydrogen-bond acceptors (Lipinski definition) is 6. The Balaban J connectivity index is 1.52. The van der Waals surface area contributed by atoms with Crippen molar-refractivity contribution in [1.29, 1.82) is 0 Å². The van der Waals surface area contributed by atoms with Crippen LogP contribution in [0.4, 0.5) is 5.69 Å². The van der Waals surface area contributed by atoms with Crippen LogP contribution in [0.1, 0.15) is 5.56 Å². The van der Waals surface area contributed by atoms with Crippen LogP contribution in [0.25, 0.3) is 23.0 Å². The molecule has 0 radical (unpaired) electrons. The summed E-state index contributed by atoms with van der Waals surface area (Å²) in [5.74, 6) is 1.76. The van der Waals surface area contributed by atoms with E-state index in [0.717, 1.165) is 16.8 Å². The van der Waals surface area contributed by atoms with E-state index in [9.17, 15) is 4.79 Å². The van der Waals surface area contributed by atoms with Gasteiger partial charge in [0.15, 0.2) is 11.5 Å². The van der Waals surface area contributed by atoms with E-state index < -0.39 is 0 Å². The molecule has 1 N–H and O–H groups in total. The fraction of sp³-hybridized carbons (Fsp3) is 0.174. The number of anilines is 1. The van der Waals surface area contributed by atoms with Gasteiger partial charge in [0, 0.05) is 17.4 Å². The molecule has 2 aromatic heterocycles. The molecule has 0 atom stereocenters. The second-order valence-electron chi connectivity index (χ2n) is 6.93. The number of aromatic nitrogens is 3. The molecule has 8 heteroatoms. The molecule has 0 unspecified atom stereocenters. The van der Waals surface area contributed by atoms with Crippen LogP contribution in [0.5, 0.6) is 11.5 Å². The van der Waals surface area contributed by atoms with Crippen molar-refractivity contribution in [2.24, 2.45) is 0 Å². The highest BCUT2D eigenvalue weighted by atomic mass is 16.5. The lowest BCUT2D eigenvalue weighted by molar-refractivity contribution is -0.116. The second-order valence-corrected chi connectivity index (χ2v) is 6.93. The van der Waals surface area contributed by atoms with Crippen molar-refractivity contribution >= 4 is 11.6 Å². The summed E-state index contributed by atoms with van der Waals surface area (Å²) in [6, 6.07) is 16.7. The summed E-state index contributed by atoms with van der Waals surface area (Å²) >= 11 is 0. The van der Waals surface area contributed by atoms with E-state index in [1.807, 2.05) is 49.4 Å². The first-order valence-electron chi connectivity index (χ1n) is 9.65. The molecule has 158 valence electrons. The SMILES string of the molecule is COc1ccc(-c2noc(-c3cccn3CC(=O)Nc3ccc(C)cc3)n2)cc1OC. The normalized spacial score (nSPS) is 10.7. The average molecular weight is 418 g/mol. The van der Waals surface area contributed by atoms with E-state index in [1.54, 1.807) is 37.1 Å². The minimum absolute atomic E-state index is 0.115. The first-order valence-corrected chi connectivity index (χ1v) is 9.65. The molecule has 1 amide bonds. The van der Waals surface area contributed by atoms with Crippen molar-refractivity contribution in [3.63, 3.8) is 0 Å². The Kier molecular flexibility index (Phi) is 5.70. The van der Waals surface area contributed by atoms with E-state index in [1.165, 1.54) is 0 Å². The number of hydrogen-bond donors (Lipinski definition) is 1. The average Bonchev–Trinajstić information content (AvgIpc) is 3.44. The summed E-state index contributed by atoms with van der Waals surface area (Å²) in [7, 11) is 3.14. The summed E-state index contributed by atoms with van der Waals surface area (Å²) in [5.41, 5.74) is 3.26. The van der Waals surface area contributed by atoms with E-state index in [2.05, 4.69) is 15.5 Å². The van der Waals surface area contributed by atoms with Crippen LogP contribution in [0.3, 0.4) is 0 Å². The van der Waals surface area contributed by atoms with Crippen LogP contribution in [-0.4, -0.2) is 34.8 Å². The van der Waals surface area contributed by atoms with Crippen molar-refractivity contribution in [3.8, 4) is 34.5 Å². The minimum atomic E-state index is -0.152. The van der Waals surface area contributed by atoms with Crippen LogP contribution in [0, 0.1) is 6.92 Å². The maximum Gasteiger partial charge on any atom is 0.274 e. The monoisotopic (exact) mass is 418 g/mol. The zero-order chi connectivity index (χ0) is 21.8. The van der Waals surface area contributed by atoms with Gasteiger partial charge in [0.1, 0.15) is 12.2 Å². The molecular weight excluding hydrogens is 396 g/mol. The number of carbonyl (C=O) groups excluding carboxylic acids is 1. The Morgan fingerprint density at radius 2 is 1.84 bits per heavy atom. The molecule has 4 rings (SSSR count). The van der Waals surface area contributed by atoms with Crippen molar-refractivity contribution in [2.75, 3.05) is 19.5 Å². The standard InChI is InChI=1S/C23H22N4O4/c1-15-6-9-17(10-7-15)24-21(28)14-27-12-4-5-18(27)23-25-22(26-31-23)16-8-11-19(29-2)20(13-16)30-3/h4-13H,14H2,1-3H3,(H,24,28). The molecule has 2 aromatic carbocycles. The molecule has 0 fully saturated rings. The number of rotatable bonds is 7. The van der Waals surface area contributed by atoms with Gasteiger partial charge in [-0.25, -0.2) is 0 Å². The number of aryl methyl sites for hydroxylation is 1. The third-order valence-corrected chi connectivity index (χ3v) is 4.77. The summed E-state index contributed by atoms with van der Waals surface area (Å²) in [4.78, 5) is 17.0. The van der Waals surface area contributed by atoms with Crippen LogP contribution < -0.4 is 14.8 Å². The van der Waals surface area contributed by atoms with Crippen LogP contribution in [-0.2, 0) is 11.3 Å². The summed E-state index contributed by atoms with van der Waals surface area (Å²) in [6.07, 6.45) is 1.80. The largest absolute Gasteiger partial charge is 0.493 e. The molecule has 0 saturated heterocycles. The number of nitrogens with one attached hydrogen (secondary N) is 1. The van der Waals surface area contributed by atoms with Gasteiger partial charge in [-0.2, -0.15) is 4.98 Å². The lowest BCUT2D eigenvalue weighted by Gasteiger charge is -2.08. The number of amides is 1. The molecule has 0 aliphatic rings. The number of ether oxygens (including phenoxy) is 2. The van der Waals surface area contributed by atoms with Gasteiger partial charge in [0.25, 0.3) is 5.89 Å². The zero-order valence-corrected chi connectivity index (χ0v) is 17.5. The molecule has 31 heavy (non-hydrogen) atoms. The molecule has 0 spiro atoms. The van der Waals surface area contributed by atoms with Gasteiger partial charge in [-0.1, -0.05) is 22.9 Å². The quantitative estimate of drug-likeness (QED) is 0.484. The first-order chi connectivity index (χ1) is 15.1. The lowest BCUT2D eigenvalue weighted by atomic mass is 10.2. The van der Waals surface area contributed by atoms with E-state index in [4.69, 9.17) is 14.0 Å². The Bertz CT molecular complexity index is 1190. The highest BCUT2D eigenvalue weighted by Gasteiger charge is 2.17. The van der Waals surface area contributed by atoms with E-state index >= 15 is 0 Å². The summed E-state index contributed by atoms with van der Waals surface area (Å²) in [5, 5.41) is 6.96. The van der Waals surface area contributed by atoms with Gasteiger partial charge in [0.2, 0.25) is 11.7 Å². The molecule has 0 aliphatic heterocycles. The number of methoxy groups -OCH3 is 2. The number of carbonyl (C=O) groups is 1. The van der Waals surface area contributed by atoms with Crippen molar-refractivity contribution in [3.05, 3.63) is 66.4 Å². The van der Waals surface area contributed by atoms with Gasteiger partial charge in [-0.3, -0.25) is 4.79 Å². The Morgan fingerprint density at radius 1 is 1.06 bits per heavy atom. The van der Waals surface area contributed by atoms with E-state index in [-0.39, 0.29) is 12.5 Å². The van der Waals surface area contributed by atoms with Crippen molar-refractivity contribution in [2.45, 2.75) is 13.5 Å². The first kappa shape index (κ1) is 20.2. The smallest absolute Gasteiger partial charge is 0.274 e. The molecule has 0 bridgehead atoms. The number of benzene rings is 2. The fourth-order valence-corrected chi connectivity index (χ4v) is 3.16. The van der Waals surface area contributed by atoms with Gasteiger partial charge in [0.05, 0.1) is 14.2 Å². The zero-order valence-electron chi connectivity index (χ0n) is 17.5. The second kappa shape index (κ2) is 8.74. The summed E-state index contributed by atoms with van der Waals surface area (Å²) in [6.45, 7) is 2.11. The highest BCUT2D eigenvalue weighted by Crippen LogP contribution is 2.32. The van der Waals surface area contributed by atoms with Crippen molar-refractivity contribution in [1.82, 2.24) is 14.7 Å². The lowest BCUT2D eigenvalue weighted by Crippen LogP contribution is -2.18. The maximum atomic E-state index is 12.5. The predicted octanol–water partition coefficient (Wildman–Crippen LogP) is 4.17. The predicted molar refractivity (Wildman–Crippen MR) is 116 cm³/mol. The molecule has 4 aromatic rings. The van der Waals surface area contributed by atoms with Gasteiger partial charge in [-0.05, 0) is 49.4 Å². The molecule has 0 saturated carbocycles. The van der Waals surface area contributed by atoms with Crippen molar-refractivity contribution < 1.29 is 18.8 Å². The highest BCUT2D eigenvalue weighted by molar-refractivity contribution is 5.90. The molecule has 0 aliphatic carbocycles. The van der Waals surface area contributed by atoms with Crippen LogP contribution >= 0.6 is 0 Å². The Morgan fingerprint density at radius 3 is 2.58 bits per heavy atom. The third-order valence-electron chi connectivity index (χ3n) is 4.77. The minimum Gasteiger partial charge on any atom is -0.493 e. The Labute approximate surface area is 179 Å². The molecule has 2 heterocycles. The maximum absolute atomic E-state index is 12.5. The molecular formula is C23H22N4O4. The van der Waals surface area contributed by atoms with Crippen LogP contribution in [0.15, 0.2) is 65.3 Å². The third kappa shape index (κ3) is 4.42. The van der Waals surface area contributed by atoms with E-state index in [0.29, 0.717) is 28.9 Å². The summed E-state index contributed by atoms with van der Waals surface area (Å²) < 4.78 is 17.8. The van der Waals surface area contributed by atoms with Crippen LogP contribution in [0.2, 0.25) is 0 Å². The Hall–Kier alpha value is -4.07. The van der Waals surface area contributed by atoms with Gasteiger partial charge in [-0.15, -0.1) is 0 Å². The van der Waals surface area contributed by atoms with Gasteiger partial charge < -0.3 is 23.9 Å². The molecule has 8 nitrogen and oxygen atoms in total. The van der Waals surface area contributed by atoms with Gasteiger partial charge >= 0.3 is 0 Å². The number of nitrogens with zero attached hydrogens (tertiary/aromatic N) is 3. The fourth-order valence-electron chi connectivity index (χ4n) is 3.16.